The van der Waals surface area contributed by atoms with E-state index in [0.29, 0.717) is 11.6 Å². The van der Waals surface area contributed by atoms with Crippen molar-refractivity contribution < 1.29 is 17.9 Å². The standard InChI is InChI=1S/C13H17ClF3NO/c1-2-12(10-3-5-11(14)6-4-10)18-7-8-19-9-13(15,16)17/h3-6,12,18H,2,7-9H2,1H3. The van der Waals surface area contributed by atoms with Crippen molar-refractivity contribution in [3.05, 3.63) is 34.9 Å². The van der Waals surface area contributed by atoms with Gasteiger partial charge in [-0.1, -0.05) is 30.7 Å². The first-order valence-corrected chi connectivity index (χ1v) is 6.43. The van der Waals surface area contributed by atoms with E-state index in [0.717, 1.165) is 12.0 Å². The van der Waals surface area contributed by atoms with E-state index in [1.807, 2.05) is 19.1 Å². The van der Waals surface area contributed by atoms with Gasteiger partial charge in [-0.2, -0.15) is 13.2 Å². The summed E-state index contributed by atoms with van der Waals surface area (Å²) in [5.41, 5.74) is 1.06. The molecule has 1 aromatic rings. The highest BCUT2D eigenvalue weighted by atomic mass is 35.5. The maximum atomic E-state index is 11.9. The maximum absolute atomic E-state index is 11.9. The molecule has 108 valence electrons. The van der Waals surface area contributed by atoms with Gasteiger partial charge in [0.05, 0.1) is 6.61 Å². The van der Waals surface area contributed by atoms with Crippen LogP contribution >= 0.6 is 11.6 Å². The number of alkyl halides is 3. The molecular formula is C13H17ClF3NO. The molecule has 0 aliphatic carbocycles. The molecule has 0 heterocycles. The third-order valence-corrected chi connectivity index (χ3v) is 2.84. The van der Waals surface area contributed by atoms with Gasteiger partial charge >= 0.3 is 6.18 Å². The van der Waals surface area contributed by atoms with Gasteiger partial charge in [0.15, 0.2) is 0 Å². The molecule has 0 saturated heterocycles. The third-order valence-electron chi connectivity index (χ3n) is 2.58. The average Bonchev–Trinajstić information content (AvgIpc) is 2.34. The van der Waals surface area contributed by atoms with Crippen molar-refractivity contribution >= 4 is 11.6 Å². The third kappa shape index (κ3) is 6.80. The second-order valence-corrected chi connectivity index (χ2v) is 4.57. The number of hydrogen-bond donors (Lipinski definition) is 1. The molecule has 0 radical (unpaired) electrons. The molecule has 0 spiro atoms. The second kappa shape index (κ2) is 7.72. The van der Waals surface area contributed by atoms with Crippen LogP contribution in [0.2, 0.25) is 5.02 Å². The Bertz CT molecular complexity index is 367. The van der Waals surface area contributed by atoms with Gasteiger partial charge in [-0.15, -0.1) is 0 Å². The second-order valence-electron chi connectivity index (χ2n) is 4.13. The van der Waals surface area contributed by atoms with E-state index >= 15 is 0 Å². The molecule has 1 N–H and O–H groups in total. The van der Waals surface area contributed by atoms with Gasteiger partial charge < -0.3 is 10.1 Å². The summed E-state index contributed by atoms with van der Waals surface area (Å²) in [5.74, 6) is 0. The highest BCUT2D eigenvalue weighted by Crippen LogP contribution is 2.19. The first-order valence-electron chi connectivity index (χ1n) is 6.05. The van der Waals surface area contributed by atoms with E-state index in [-0.39, 0.29) is 12.6 Å². The highest BCUT2D eigenvalue weighted by Gasteiger charge is 2.27. The van der Waals surface area contributed by atoms with Crippen LogP contribution < -0.4 is 5.32 Å². The fourth-order valence-corrected chi connectivity index (χ4v) is 1.81. The predicted molar refractivity (Wildman–Crippen MR) is 69.4 cm³/mol. The van der Waals surface area contributed by atoms with Crippen LogP contribution in [0, 0.1) is 0 Å². The molecule has 6 heteroatoms. The highest BCUT2D eigenvalue weighted by molar-refractivity contribution is 6.30. The largest absolute Gasteiger partial charge is 0.411 e. The van der Waals surface area contributed by atoms with E-state index in [9.17, 15) is 13.2 Å². The molecule has 0 saturated carbocycles. The zero-order valence-corrected chi connectivity index (χ0v) is 11.4. The Kier molecular flexibility index (Phi) is 6.62. The lowest BCUT2D eigenvalue weighted by molar-refractivity contribution is -0.173. The van der Waals surface area contributed by atoms with E-state index in [4.69, 9.17) is 11.6 Å². The van der Waals surface area contributed by atoms with Crippen LogP contribution in [0.3, 0.4) is 0 Å². The average molecular weight is 296 g/mol. The lowest BCUT2D eigenvalue weighted by Gasteiger charge is -2.17. The van der Waals surface area contributed by atoms with Crippen molar-refractivity contribution in [1.82, 2.24) is 5.32 Å². The number of benzene rings is 1. The minimum Gasteiger partial charge on any atom is -0.371 e. The molecule has 1 rings (SSSR count). The Labute approximate surface area is 115 Å². The van der Waals surface area contributed by atoms with Gasteiger partial charge in [0.25, 0.3) is 0 Å². The van der Waals surface area contributed by atoms with Crippen LogP contribution in [0.4, 0.5) is 13.2 Å². The van der Waals surface area contributed by atoms with Crippen molar-refractivity contribution in [1.29, 1.82) is 0 Å². The molecule has 2 nitrogen and oxygen atoms in total. The van der Waals surface area contributed by atoms with Gasteiger partial charge in [0, 0.05) is 17.6 Å². The van der Waals surface area contributed by atoms with Crippen molar-refractivity contribution in [2.24, 2.45) is 0 Å². The number of ether oxygens (including phenoxy) is 1. The van der Waals surface area contributed by atoms with E-state index in [2.05, 4.69) is 10.1 Å². The van der Waals surface area contributed by atoms with Gasteiger partial charge in [-0.05, 0) is 24.1 Å². The predicted octanol–water partition coefficient (Wildman–Crippen LogP) is 3.96. The summed E-state index contributed by atoms with van der Waals surface area (Å²) in [6.07, 6.45) is -3.43. The molecular weight excluding hydrogens is 279 g/mol. The zero-order chi connectivity index (χ0) is 14.3. The van der Waals surface area contributed by atoms with Crippen molar-refractivity contribution in [3.63, 3.8) is 0 Å². The van der Waals surface area contributed by atoms with Gasteiger partial charge in [0.1, 0.15) is 6.61 Å². The Hall–Kier alpha value is -0.780. The molecule has 1 atom stereocenters. The minimum atomic E-state index is -4.26. The molecule has 19 heavy (non-hydrogen) atoms. The summed E-state index contributed by atoms with van der Waals surface area (Å²) in [4.78, 5) is 0. The summed E-state index contributed by atoms with van der Waals surface area (Å²) >= 11 is 5.80. The molecule has 1 unspecified atom stereocenters. The van der Waals surface area contributed by atoms with Gasteiger partial charge in [0.2, 0.25) is 0 Å². The zero-order valence-electron chi connectivity index (χ0n) is 10.6. The lowest BCUT2D eigenvalue weighted by Crippen LogP contribution is -2.27. The summed E-state index contributed by atoms with van der Waals surface area (Å²) in [7, 11) is 0. The summed E-state index contributed by atoms with van der Waals surface area (Å²) < 4.78 is 40.1. The Morgan fingerprint density at radius 3 is 2.42 bits per heavy atom. The quantitative estimate of drug-likeness (QED) is 0.769. The summed E-state index contributed by atoms with van der Waals surface area (Å²) in [6, 6.07) is 7.48. The monoisotopic (exact) mass is 295 g/mol. The van der Waals surface area contributed by atoms with Gasteiger partial charge in [-0.3, -0.25) is 0 Å². The van der Waals surface area contributed by atoms with Crippen molar-refractivity contribution in [3.8, 4) is 0 Å². The first kappa shape index (κ1) is 16.3. The number of hydrogen-bond acceptors (Lipinski definition) is 2. The topological polar surface area (TPSA) is 21.3 Å². The molecule has 0 amide bonds. The Morgan fingerprint density at radius 1 is 1.26 bits per heavy atom. The van der Waals surface area contributed by atoms with Crippen LogP contribution in [0.1, 0.15) is 24.9 Å². The van der Waals surface area contributed by atoms with Crippen LogP contribution in [0.15, 0.2) is 24.3 Å². The van der Waals surface area contributed by atoms with E-state index in [1.165, 1.54) is 0 Å². The summed E-state index contributed by atoms with van der Waals surface area (Å²) in [5, 5.41) is 3.82. The molecule has 0 bridgehead atoms. The first-order chi connectivity index (χ1) is 8.92. The maximum Gasteiger partial charge on any atom is 0.411 e. The molecule has 1 aromatic carbocycles. The molecule has 0 aliphatic rings. The Morgan fingerprint density at radius 2 is 1.89 bits per heavy atom. The smallest absolute Gasteiger partial charge is 0.371 e. The minimum absolute atomic E-state index is 0.0313. The van der Waals surface area contributed by atoms with Crippen molar-refractivity contribution in [2.45, 2.75) is 25.6 Å². The fraction of sp³-hybridized carbons (Fsp3) is 0.538. The normalized spacial score (nSPS) is 13.5. The summed E-state index contributed by atoms with van der Waals surface area (Å²) in [6.45, 7) is 1.20. The Balaban J connectivity index is 2.31. The molecule has 0 aromatic heterocycles. The van der Waals surface area contributed by atoms with E-state index < -0.39 is 12.8 Å². The lowest BCUT2D eigenvalue weighted by atomic mass is 10.0. The van der Waals surface area contributed by atoms with Crippen LogP contribution in [0.25, 0.3) is 0 Å². The van der Waals surface area contributed by atoms with Gasteiger partial charge in [-0.25, -0.2) is 0 Å². The van der Waals surface area contributed by atoms with Crippen LogP contribution in [-0.4, -0.2) is 25.9 Å². The van der Waals surface area contributed by atoms with E-state index in [1.54, 1.807) is 12.1 Å². The van der Waals surface area contributed by atoms with Crippen LogP contribution in [0.5, 0.6) is 0 Å². The SMILES string of the molecule is CCC(NCCOCC(F)(F)F)c1ccc(Cl)cc1. The number of halogens is 4. The number of nitrogens with one attached hydrogen (secondary N) is 1. The number of rotatable bonds is 7. The molecule has 0 aliphatic heterocycles. The molecule has 0 fully saturated rings. The van der Waals surface area contributed by atoms with Crippen molar-refractivity contribution in [2.75, 3.05) is 19.8 Å². The fourth-order valence-electron chi connectivity index (χ4n) is 1.69. The van der Waals surface area contributed by atoms with Crippen LogP contribution in [-0.2, 0) is 4.74 Å².